The summed E-state index contributed by atoms with van der Waals surface area (Å²) in [6.45, 7) is 2.17. The van der Waals surface area contributed by atoms with Gasteiger partial charge in [0.15, 0.2) is 0 Å². The molecule has 1 unspecified atom stereocenters. The van der Waals surface area contributed by atoms with Crippen molar-refractivity contribution in [3.05, 3.63) is 0 Å². The van der Waals surface area contributed by atoms with Gasteiger partial charge in [0.1, 0.15) is 0 Å². The van der Waals surface area contributed by atoms with Crippen molar-refractivity contribution >= 4 is 5.91 Å². The fraction of sp³-hybridized carbons (Fsp3) is 0.900. The number of aliphatic hydroxyl groups excluding tert-OH is 1. The lowest BCUT2D eigenvalue weighted by atomic mass is 10.1. The van der Waals surface area contributed by atoms with Gasteiger partial charge in [-0.25, -0.2) is 0 Å². The van der Waals surface area contributed by atoms with Gasteiger partial charge in [-0.15, -0.1) is 0 Å². The molecule has 0 fully saturated rings. The molecule has 1 atom stereocenters. The molecule has 0 aliphatic carbocycles. The van der Waals surface area contributed by atoms with E-state index in [9.17, 15) is 9.90 Å². The third-order valence-corrected chi connectivity index (χ3v) is 2.08. The van der Waals surface area contributed by atoms with Crippen LogP contribution in [0.5, 0.6) is 0 Å². The second-order valence-electron chi connectivity index (χ2n) is 3.53. The lowest BCUT2D eigenvalue weighted by Crippen LogP contribution is -2.19. The molecule has 0 bridgehead atoms. The molecule has 0 aliphatic heterocycles. The van der Waals surface area contributed by atoms with E-state index >= 15 is 0 Å². The molecular weight excluding hydrogens is 166 g/mol. The molecule has 0 rings (SSSR count). The quantitative estimate of drug-likeness (QED) is 0.567. The van der Waals surface area contributed by atoms with Crippen LogP contribution in [0.3, 0.4) is 0 Å². The molecule has 0 heterocycles. The molecule has 3 N–H and O–H groups in total. The number of primary amides is 1. The summed E-state index contributed by atoms with van der Waals surface area (Å²) >= 11 is 0. The largest absolute Gasteiger partial charge is 0.393 e. The predicted octanol–water partition coefficient (Wildman–Crippen LogP) is 1.58. The van der Waals surface area contributed by atoms with Crippen molar-refractivity contribution < 1.29 is 9.90 Å². The van der Waals surface area contributed by atoms with Crippen molar-refractivity contribution in [1.82, 2.24) is 0 Å². The van der Waals surface area contributed by atoms with E-state index in [-0.39, 0.29) is 6.42 Å². The molecule has 0 aromatic heterocycles. The minimum absolute atomic E-state index is 0.105. The van der Waals surface area contributed by atoms with Gasteiger partial charge in [-0.1, -0.05) is 39.0 Å². The summed E-state index contributed by atoms with van der Waals surface area (Å²) in [5.74, 6) is -0.416. The Labute approximate surface area is 80.3 Å². The zero-order valence-corrected chi connectivity index (χ0v) is 8.46. The molecule has 78 valence electrons. The molecule has 0 aromatic rings. The van der Waals surface area contributed by atoms with Crippen LogP contribution < -0.4 is 5.73 Å². The van der Waals surface area contributed by atoms with Crippen molar-refractivity contribution in [3.8, 4) is 0 Å². The number of rotatable bonds is 8. The highest BCUT2D eigenvalue weighted by molar-refractivity contribution is 5.74. The average Bonchev–Trinajstić information content (AvgIpc) is 2.02. The van der Waals surface area contributed by atoms with E-state index in [1.807, 2.05) is 0 Å². The number of carbonyl (C=O) groups is 1. The highest BCUT2D eigenvalue weighted by Crippen LogP contribution is 2.08. The molecule has 0 saturated heterocycles. The van der Waals surface area contributed by atoms with Gasteiger partial charge in [0.25, 0.3) is 0 Å². The first-order valence-corrected chi connectivity index (χ1v) is 5.13. The molecule has 1 amide bonds. The zero-order valence-electron chi connectivity index (χ0n) is 8.46. The second-order valence-corrected chi connectivity index (χ2v) is 3.53. The van der Waals surface area contributed by atoms with Crippen LogP contribution in [-0.2, 0) is 4.79 Å². The summed E-state index contributed by atoms with van der Waals surface area (Å²) in [6.07, 6.45) is 6.12. The first-order valence-electron chi connectivity index (χ1n) is 5.13. The van der Waals surface area contributed by atoms with Gasteiger partial charge < -0.3 is 10.8 Å². The molecule has 0 aliphatic rings. The number of nitrogens with two attached hydrogens (primary N) is 1. The van der Waals surface area contributed by atoms with Crippen molar-refractivity contribution in [1.29, 1.82) is 0 Å². The molecule has 3 heteroatoms. The minimum Gasteiger partial charge on any atom is -0.393 e. The summed E-state index contributed by atoms with van der Waals surface area (Å²) in [7, 11) is 0. The number of amides is 1. The Bertz CT molecular complexity index is 137. The Morgan fingerprint density at radius 2 is 1.92 bits per heavy atom. The van der Waals surface area contributed by atoms with Crippen LogP contribution in [0.1, 0.15) is 51.9 Å². The number of hydrogen-bond donors (Lipinski definition) is 2. The number of hydrogen-bond acceptors (Lipinski definition) is 2. The van der Waals surface area contributed by atoms with E-state index in [0.29, 0.717) is 6.42 Å². The topological polar surface area (TPSA) is 63.3 Å². The standard InChI is InChI=1S/C10H21NO2/c1-2-3-4-5-6-7-9(12)8-10(11)13/h9,12H,2-8H2,1H3,(H2,11,13). The Morgan fingerprint density at radius 3 is 2.46 bits per heavy atom. The summed E-state index contributed by atoms with van der Waals surface area (Å²) in [5.41, 5.74) is 4.95. The van der Waals surface area contributed by atoms with Crippen molar-refractivity contribution in [3.63, 3.8) is 0 Å². The Kier molecular flexibility index (Phi) is 7.69. The maximum absolute atomic E-state index is 10.4. The van der Waals surface area contributed by atoms with E-state index in [4.69, 9.17) is 5.73 Å². The van der Waals surface area contributed by atoms with E-state index in [0.717, 1.165) is 12.8 Å². The van der Waals surface area contributed by atoms with Crippen LogP contribution in [0.2, 0.25) is 0 Å². The van der Waals surface area contributed by atoms with Crippen LogP contribution in [0.25, 0.3) is 0 Å². The van der Waals surface area contributed by atoms with Crippen LogP contribution in [0.15, 0.2) is 0 Å². The van der Waals surface area contributed by atoms with E-state index in [1.54, 1.807) is 0 Å². The van der Waals surface area contributed by atoms with Crippen LogP contribution >= 0.6 is 0 Å². The van der Waals surface area contributed by atoms with Gasteiger partial charge in [0.2, 0.25) is 5.91 Å². The summed E-state index contributed by atoms with van der Waals surface area (Å²) in [5, 5.41) is 9.28. The number of unbranched alkanes of at least 4 members (excludes halogenated alkanes) is 4. The van der Waals surface area contributed by atoms with Crippen LogP contribution in [0.4, 0.5) is 0 Å². The van der Waals surface area contributed by atoms with Gasteiger partial charge >= 0.3 is 0 Å². The Morgan fingerprint density at radius 1 is 1.31 bits per heavy atom. The fourth-order valence-electron chi connectivity index (χ4n) is 1.32. The van der Waals surface area contributed by atoms with Crippen LogP contribution in [-0.4, -0.2) is 17.1 Å². The monoisotopic (exact) mass is 187 g/mol. The molecule has 0 aromatic carbocycles. The smallest absolute Gasteiger partial charge is 0.220 e. The van der Waals surface area contributed by atoms with Crippen molar-refractivity contribution in [2.75, 3.05) is 0 Å². The lowest BCUT2D eigenvalue weighted by Gasteiger charge is -2.07. The molecule has 13 heavy (non-hydrogen) atoms. The maximum atomic E-state index is 10.4. The molecule has 0 spiro atoms. The minimum atomic E-state index is -0.529. The van der Waals surface area contributed by atoms with E-state index in [2.05, 4.69) is 6.92 Å². The number of carbonyl (C=O) groups excluding carboxylic acids is 1. The van der Waals surface area contributed by atoms with Gasteiger partial charge in [0.05, 0.1) is 12.5 Å². The normalized spacial score (nSPS) is 12.8. The highest BCUT2D eigenvalue weighted by atomic mass is 16.3. The molecule has 0 saturated carbocycles. The highest BCUT2D eigenvalue weighted by Gasteiger charge is 2.06. The van der Waals surface area contributed by atoms with Crippen molar-refractivity contribution in [2.45, 2.75) is 58.0 Å². The Balaban J connectivity index is 3.17. The van der Waals surface area contributed by atoms with Crippen LogP contribution in [0, 0.1) is 0 Å². The zero-order chi connectivity index (χ0) is 10.1. The van der Waals surface area contributed by atoms with Gasteiger partial charge in [-0.3, -0.25) is 4.79 Å². The van der Waals surface area contributed by atoms with E-state index in [1.165, 1.54) is 19.3 Å². The fourth-order valence-corrected chi connectivity index (χ4v) is 1.32. The molecule has 0 radical (unpaired) electrons. The average molecular weight is 187 g/mol. The summed E-state index contributed by atoms with van der Waals surface area (Å²) in [6, 6.07) is 0. The molecular formula is C10H21NO2. The van der Waals surface area contributed by atoms with Gasteiger partial charge in [-0.05, 0) is 6.42 Å². The third-order valence-electron chi connectivity index (χ3n) is 2.08. The summed E-state index contributed by atoms with van der Waals surface area (Å²) < 4.78 is 0. The van der Waals surface area contributed by atoms with Gasteiger partial charge in [-0.2, -0.15) is 0 Å². The lowest BCUT2D eigenvalue weighted by molar-refractivity contribution is -0.119. The second kappa shape index (κ2) is 8.05. The van der Waals surface area contributed by atoms with Crippen molar-refractivity contribution in [2.24, 2.45) is 5.73 Å². The first-order chi connectivity index (χ1) is 6.16. The number of aliphatic hydroxyl groups is 1. The third kappa shape index (κ3) is 9.34. The maximum Gasteiger partial charge on any atom is 0.220 e. The summed E-state index contributed by atoms with van der Waals surface area (Å²) in [4.78, 5) is 10.4. The first kappa shape index (κ1) is 12.4. The van der Waals surface area contributed by atoms with Gasteiger partial charge in [0, 0.05) is 0 Å². The predicted molar refractivity (Wildman–Crippen MR) is 53.2 cm³/mol. The Hall–Kier alpha value is -0.570. The molecule has 3 nitrogen and oxygen atoms in total. The SMILES string of the molecule is CCCCCCCC(O)CC(N)=O. The van der Waals surface area contributed by atoms with E-state index < -0.39 is 12.0 Å².